The van der Waals surface area contributed by atoms with Gasteiger partial charge in [0.15, 0.2) is 0 Å². The molecule has 0 unspecified atom stereocenters. The van der Waals surface area contributed by atoms with Crippen molar-refractivity contribution in [2.24, 2.45) is 0 Å². The molecule has 1 rings (SSSR count). The minimum absolute atomic E-state index is 0.291. The first-order valence-corrected chi connectivity index (χ1v) is 6.12. The van der Waals surface area contributed by atoms with Crippen molar-refractivity contribution in [2.75, 3.05) is 6.61 Å². The molecule has 0 saturated carbocycles. The van der Waals surface area contributed by atoms with Crippen LogP contribution in [0.2, 0.25) is 5.02 Å². The number of aryl methyl sites for hydroxylation is 1. The summed E-state index contributed by atoms with van der Waals surface area (Å²) in [7, 11) is 0. The van der Waals surface area contributed by atoms with Crippen LogP contribution in [0.4, 0.5) is 0 Å². The summed E-state index contributed by atoms with van der Waals surface area (Å²) in [6, 6.07) is 3.54. The highest BCUT2D eigenvalue weighted by Gasteiger charge is 2.15. The molecule has 1 aromatic rings. The van der Waals surface area contributed by atoms with Crippen molar-refractivity contribution < 1.29 is 9.53 Å². The zero-order valence-corrected chi connectivity index (χ0v) is 11.0. The van der Waals surface area contributed by atoms with Gasteiger partial charge in [-0.1, -0.05) is 27.5 Å². The van der Waals surface area contributed by atoms with Crippen LogP contribution < -0.4 is 0 Å². The number of ether oxygens (including phenoxy) is 1. The molecule has 15 heavy (non-hydrogen) atoms. The lowest BCUT2D eigenvalue weighted by Gasteiger charge is -2.10. The molecule has 82 valence electrons. The van der Waals surface area contributed by atoms with Crippen LogP contribution in [0.1, 0.15) is 28.4 Å². The van der Waals surface area contributed by atoms with Crippen LogP contribution in [0.15, 0.2) is 12.1 Å². The second kappa shape index (κ2) is 5.52. The number of carbonyl (C=O) groups is 1. The third kappa shape index (κ3) is 2.95. The number of halogens is 2. The van der Waals surface area contributed by atoms with E-state index in [9.17, 15) is 4.79 Å². The number of alkyl halides is 1. The Hall–Kier alpha value is -0.540. The Labute approximate surface area is 103 Å². The maximum Gasteiger partial charge on any atom is 0.338 e. The van der Waals surface area contributed by atoms with E-state index in [2.05, 4.69) is 15.9 Å². The Morgan fingerprint density at radius 2 is 2.20 bits per heavy atom. The number of rotatable bonds is 3. The maximum atomic E-state index is 11.7. The Morgan fingerprint density at radius 1 is 1.53 bits per heavy atom. The molecule has 0 aliphatic heterocycles. The predicted molar refractivity (Wildman–Crippen MR) is 64.8 cm³/mol. The standard InChI is InChI=1S/C11H12BrClO2/c1-3-15-11(14)10-7(2)4-9(13)5-8(10)6-12/h4-5H,3,6H2,1-2H3. The van der Waals surface area contributed by atoms with Crippen molar-refractivity contribution in [3.8, 4) is 0 Å². The van der Waals surface area contributed by atoms with Crippen LogP contribution in [0.5, 0.6) is 0 Å². The molecule has 0 amide bonds. The van der Waals surface area contributed by atoms with Crippen LogP contribution in [-0.2, 0) is 10.1 Å². The van der Waals surface area contributed by atoms with Crippen molar-refractivity contribution in [1.82, 2.24) is 0 Å². The van der Waals surface area contributed by atoms with Gasteiger partial charge >= 0.3 is 5.97 Å². The number of esters is 1. The molecule has 0 aromatic heterocycles. The second-order valence-electron chi connectivity index (χ2n) is 3.11. The lowest BCUT2D eigenvalue weighted by molar-refractivity contribution is 0.0524. The Kier molecular flexibility index (Phi) is 4.61. The minimum atomic E-state index is -0.291. The predicted octanol–water partition coefficient (Wildman–Crippen LogP) is 3.72. The SMILES string of the molecule is CCOC(=O)c1c(C)cc(Cl)cc1CBr. The van der Waals surface area contributed by atoms with E-state index in [1.807, 2.05) is 6.92 Å². The molecule has 4 heteroatoms. The molecular formula is C11H12BrClO2. The van der Waals surface area contributed by atoms with E-state index in [-0.39, 0.29) is 5.97 Å². The fraction of sp³-hybridized carbons (Fsp3) is 0.364. The Bertz CT molecular complexity index is 377. The van der Waals surface area contributed by atoms with Crippen LogP contribution in [0, 0.1) is 6.92 Å². The lowest BCUT2D eigenvalue weighted by Crippen LogP contribution is -2.09. The molecule has 1 aromatic carbocycles. The second-order valence-corrected chi connectivity index (χ2v) is 4.11. The molecule has 0 atom stereocenters. The number of carbonyl (C=O) groups excluding carboxylic acids is 1. The Balaban J connectivity index is 3.20. The van der Waals surface area contributed by atoms with Crippen molar-refractivity contribution >= 4 is 33.5 Å². The summed E-state index contributed by atoms with van der Waals surface area (Å²) in [5.41, 5.74) is 2.31. The first-order chi connectivity index (χ1) is 7.10. The van der Waals surface area contributed by atoms with Crippen LogP contribution >= 0.6 is 27.5 Å². The Morgan fingerprint density at radius 3 is 2.73 bits per heavy atom. The normalized spacial score (nSPS) is 10.1. The van der Waals surface area contributed by atoms with Gasteiger partial charge in [0.05, 0.1) is 12.2 Å². The van der Waals surface area contributed by atoms with E-state index >= 15 is 0 Å². The quantitative estimate of drug-likeness (QED) is 0.627. The average Bonchev–Trinajstić information content (AvgIpc) is 2.16. The van der Waals surface area contributed by atoms with E-state index in [0.29, 0.717) is 22.5 Å². The fourth-order valence-electron chi connectivity index (χ4n) is 1.41. The molecular weight excluding hydrogens is 279 g/mol. The zero-order chi connectivity index (χ0) is 11.4. The third-order valence-electron chi connectivity index (χ3n) is 2.01. The molecule has 0 aliphatic carbocycles. The van der Waals surface area contributed by atoms with Gasteiger partial charge in [0.2, 0.25) is 0 Å². The van der Waals surface area contributed by atoms with Crippen LogP contribution in [0.25, 0.3) is 0 Å². The molecule has 0 N–H and O–H groups in total. The van der Waals surface area contributed by atoms with Crippen LogP contribution in [0.3, 0.4) is 0 Å². The van der Waals surface area contributed by atoms with Gasteiger partial charge in [-0.25, -0.2) is 4.79 Å². The molecule has 0 heterocycles. The van der Waals surface area contributed by atoms with Gasteiger partial charge in [0.25, 0.3) is 0 Å². The van der Waals surface area contributed by atoms with Gasteiger partial charge in [-0.05, 0) is 37.1 Å². The molecule has 0 saturated heterocycles. The minimum Gasteiger partial charge on any atom is -0.462 e. The summed E-state index contributed by atoms with van der Waals surface area (Å²) in [5.74, 6) is -0.291. The topological polar surface area (TPSA) is 26.3 Å². The number of hydrogen-bond acceptors (Lipinski definition) is 2. The van der Waals surface area contributed by atoms with E-state index in [1.54, 1.807) is 19.1 Å². The van der Waals surface area contributed by atoms with E-state index in [4.69, 9.17) is 16.3 Å². The molecule has 0 aliphatic rings. The first kappa shape index (κ1) is 12.5. The average molecular weight is 292 g/mol. The van der Waals surface area contributed by atoms with Crippen LogP contribution in [-0.4, -0.2) is 12.6 Å². The van der Waals surface area contributed by atoms with Gasteiger partial charge < -0.3 is 4.74 Å². The van der Waals surface area contributed by atoms with Crippen molar-refractivity contribution in [3.05, 3.63) is 33.8 Å². The first-order valence-electron chi connectivity index (χ1n) is 4.62. The molecule has 2 nitrogen and oxygen atoms in total. The highest BCUT2D eigenvalue weighted by molar-refractivity contribution is 9.08. The van der Waals surface area contributed by atoms with Crippen molar-refractivity contribution in [3.63, 3.8) is 0 Å². The summed E-state index contributed by atoms with van der Waals surface area (Å²) >= 11 is 9.24. The van der Waals surface area contributed by atoms with Crippen molar-refractivity contribution in [1.29, 1.82) is 0 Å². The largest absolute Gasteiger partial charge is 0.462 e. The lowest BCUT2D eigenvalue weighted by atomic mass is 10.0. The summed E-state index contributed by atoms with van der Waals surface area (Å²) in [6.45, 7) is 4.02. The van der Waals surface area contributed by atoms with Gasteiger partial charge in [-0.3, -0.25) is 0 Å². The molecule has 0 spiro atoms. The third-order valence-corrected chi connectivity index (χ3v) is 2.83. The summed E-state index contributed by atoms with van der Waals surface area (Å²) in [5, 5.41) is 1.22. The van der Waals surface area contributed by atoms with Gasteiger partial charge in [-0.2, -0.15) is 0 Å². The van der Waals surface area contributed by atoms with Gasteiger partial charge in [-0.15, -0.1) is 0 Å². The van der Waals surface area contributed by atoms with E-state index in [1.165, 1.54) is 0 Å². The number of benzene rings is 1. The number of hydrogen-bond donors (Lipinski definition) is 0. The molecule has 0 radical (unpaired) electrons. The zero-order valence-electron chi connectivity index (χ0n) is 8.64. The van der Waals surface area contributed by atoms with Gasteiger partial charge in [0.1, 0.15) is 0 Å². The smallest absolute Gasteiger partial charge is 0.338 e. The summed E-state index contributed by atoms with van der Waals surface area (Å²) in [4.78, 5) is 11.7. The fourth-order valence-corrected chi connectivity index (χ4v) is 2.15. The van der Waals surface area contributed by atoms with E-state index in [0.717, 1.165) is 11.1 Å². The van der Waals surface area contributed by atoms with Gasteiger partial charge in [0, 0.05) is 10.4 Å². The maximum absolute atomic E-state index is 11.7. The highest BCUT2D eigenvalue weighted by Crippen LogP contribution is 2.23. The molecule has 0 fully saturated rings. The van der Waals surface area contributed by atoms with E-state index < -0.39 is 0 Å². The monoisotopic (exact) mass is 290 g/mol. The summed E-state index contributed by atoms with van der Waals surface area (Å²) in [6.07, 6.45) is 0. The summed E-state index contributed by atoms with van der Waals surface area (Å²) < 4.78 is 4.99. The highest BCUT2D eigenvalue weighted by atomic mass is 79.9. The molecule has 0 bridgehead atoms. The van der Waals surface area contributed by atoms with Crippen molar-refractivity contribution in [2.45, 2.75) is 19.2 Å².